The van der Waals surface area contributed by atoms with Crippen molar-refractivity contribution in [3.05, 3.63) is 65.0 Å². The lowest BCUT2D eigenvalue weighted by Crippen LogP contribution is -2.24. The van der Waals surface area contributed by atoms with E-state index in [-0.39, 0.29) is 30.1 Å². The summed E-state index contributed by atoms with van der Waals surface area (Å²) in [6.45, 7) is -0.336. The van der Waals surface area contributed by atoms with Gasteiger partial charge in [-0.15, -0.1) is 0 Å². The molecule has 7 rings (SSSR count). The standard InChI is InChI=1S/C26H22N6O4/c27-25-30-23-22(24(35)31-25)29-26(32(23)19-10-17(34)18(11-33)36-19)28-16-9-14-5-1-3-12-7-8-13-4-2-6-15(16)21(13)20(12)14/h1-9,17-19,33-34H,10-11H2,(H,28,29)(H3,27,30,31,35)/t17-,18+,19+/m0/s1. The Labute approximate surface area is 203 Å². The predicted octanol–water partition coefficient (Wildman–Crippen LogP) is 2.98. The zero-order valence-corrected chi connectivity index (χ0v) is 19.0. The number of nitrogens with one attached hydrogen (secondary N) is 2. The monoisotopic (exact) mass is 482 g/mol. The van der Waals surface area contributed by atoms with Crippen LogP contribution in [-0.2, 0) is 4.74 Å². The molecule has 0 aliphatic carbocycles. The molecular weight excluding hydrogens is 460 g/mol. The number of hydrogen-bond acceptors (Lipinski definition) is 8. The molecule has 1 fully saturated rings. The molecule has 36 heavy (non-hydrogen) atoms. The number of aliphatic hydroxyl groups excluding tert-OH is 2. The van der Waals surface area contributed by atoms with Crippen LogP contribution in [-0.4, -0.2) is 48.5 Å². The topological polar surface area (TPSA) is 151 Å². The first-order valence-corrected chi connectivity index (χ1v) is 11.7. The van der Waals surface area contributed by atoms with Crippen molar-refractivity contribution in [1.82, 2.24) is 19.5 Å². The van der Waals surface area contributed by atoms with Gasteiger partial charge in [0.05, 0.1) is 12.7 Å². The lowest BCUT2D eigenvalue weighted by Gasteiger charge is -2.19. The Hall–Kier alpha value is -4.25. The van der Waals surface area contributed by atoms with E-state index in [2.05, 4.69) is 56.7 Å². The van der Waals surface area contributed by atoms with E-state index in [9.17, 15) is 15.0 Å². The Balaban J connectivity index is 1.47. The summed E-state index contributed by atoms with van der Waals surface area (Å²) in [6.07, 6.45) is -2.16. The summed E-state index contributed by atoms with van der Waals surface area (Å²) in [5.74, 6) is 0.263. The molecule has 0 bridgehead atoms. The molecule has 0 saturated carbocycles. The van der Waals surface area contributed by atoms with Gasteiger partial charge in [0.15, 0.2) is 11.2 Å². The number of H-pyrrole nitrogens is 1. The van der Waals surface area contributed by atoms with Gasteiger partial charge in [-0.2, -0.15) is 4.98 Å². The zero-order valence-electron chi connectivity index (χ0n) is 19.0. The molecule has 0 amide bonds. The molecule has 3 heterocycles. The van der Waals surface area contributed by atoms with Gasteiger partial charge in [0.25, 0.3) is 5.56 Å². The molecule has 4 aromatic carbocycles. The molecule has 3 atom stereocenters. The number of ether oxygens (including phenoxy) is 1. The van der Waals surface area contributed by atoms with E-state index in [4.69, 9.17) is 10.5 Å². The number of imidazole rings is 1. The summed E-state index contributed by atoms with van der Waals surface area (Å²) in [5, 5.41) is 30.1. The van der Waals surface area contributed by atoms with Gasteiger partial charge in [0.1, 0.15) is 12.3 Å². The van der Waals surface area contributed by atoms with Crippen LogP contribution in [0.2, 0.25) is 0 Å². The van der Waals surface area contributed by atoms with Gasteiger partial charge in [-0.05, 0) is 33.0 Å². The minimum absolute atomic E-state index is 0.0558. The number of aromatic amines is 1. The molecule has 1 aliphatic rings. The molecule has 2 aromatic heterocycles. The van der Waals surface area contributed by atoms with E-state index in [0.29, 0.717) is 5.95 Å². The minimum Gasteiger partial charge on any atom is -0.394 e. The second-order valence-electron chi connectivity index (χ2n) is 9.14. The Morgan fingerprint density at radius 1 is 1.08 bits per heavy atom. The maximum Gasteiger partial charge on any atom is 0.280 e. The Morgan fingerprint density at radius 2 is 1.83 bits per heavy atom. The summed E-state index contributed by atoms with van der Waals surface area (Å²) >= 11 is 0. The Bertz CT molecular complexity index is 1840. The second-order valence-corrected chi connectivity index (χ2v) is 9.14. The number of nitrogens with two attached hydrogens (primary N) is 1. The fourth-order valence-electron chi connectivity index (χ4n) is 5.39. The number of fused-ring (bicyclic) bond motifs is 1. The number of aliphatic hydroxyl groups is 2. The molecule has 0 unspecified atom stereocenters. The summed E-state index contributed by atoms with van der Waals surface area (Å²) in [4.78, 5) is 24.0. The average Bonchev–Trinajstić information content (AvgIpc) is 3.42. The Morgan fingerprint density at radius 3 is 2.61 bits per heavy atom. The maximum absolute atomic E-state index is 12.7. The van der Waals surface area contributed by atoms with Crippen molar-refractivity contribution in [2.45, 2.75) is 24.9 Å². The van der Waals surface area contributed by atoms with Gasteiger partial charge in [0.2, 0.25) is 11.9 Å². The predicted molar refractivity (Wildman–Crippen MR) is 138 cm³/mol. The lowest BCUT2D eigenvalue weighted by atomic mass is 9.93. The molecule has 10 nitrogen and oxygen atoms in total. The van der Waals surface area contributed by atoms with Gasteiger partial charge in [-0.3, -0.25) is 14.3 Å². The van der Waals surface area contributed by atoms with Crippen molar-refractivity contribution in [3.63, 3.8) is 0 Å². The summed E-state index contributed by atoms with van der Waals surface area (Å²) in [5.41, 5.74) is 6.48. The van der Waals surface area contributed by atoms with Gasteiger partial charge < -0.3 is 26.0 Å². The maximum atomic E-state index is 12.7. The van der Waals surface area contributed by atoms with Crippen LogP contribution in [0.25, 0.3) is 43.5 Å². The van der Waals surface area contributed by atoms with Crippen LogP contribution in [0.1, 0.15) is 12.6 Å². The van der Waals surface area contributed by atoms with Crippen LogP contribution in [0, 0.1) is 0 Å². The largest absolute Gasteiger partial charge is 0.394 e. The third kappa shape index (κ3) is 2.99. The van der Waals surface area contributed by atoms with Crippen molar-refractivity contribution in [2.75, 3.05) is 17.7 Å². The SMILES string of the molecule is Nc1nc2c(nc(Nc3cc4cccc5ccc6cccc3c6c54)n2[C@H]2C[C@H](O)[C@@H](CO)O2)c(=O)[nH]1. The van der Waals surface area contributed by atoms with E-state index in [1.165, 1.54) is 5.39 Å². The van der Waals surface area contributed by atoms with Crippen molar-refractivity contribution >= 4 is 61.1 Å². The second kappa shape index (κ2) is 7.62. The van der Waals surface area contributed by atoms with E-state index in [0.717, 1.165) is 32.6 Å². The first-order valence-electron chi connectivity index (χ1n) is 11.7. The van der Waals surface area contributed by atoms with Crippen LogP contribution in [0.15, 0.2) is 59.4 Å². The number of benzene rings is 4. The normalized spacial score (nSPS) is 20.3. The number of nitrogens with zero attached hydrogens (tertiary/aromatic N) is 3. The molecule has 1 saturated heterocycles. The van der Waals surface area contributed by atoms with Crippen LogP contribution in [0.4, 0.5) is 17.6 Å². The van der Waals surface area contributed by atoms with Gasteiger partial charge in [-0.25, -0.2) is 4.98 Å². The van der Waals surface area contributed by atoms with E-state index >= 15 is 0 Å². The van der Waals surface area contributed by atoms with E-state index in [1.807, 2.05) is 18.2 Å². The quantitative estimate of drug-likeness (QED) is 0.241. The smallest absolute Gasteiger partial charge is 0.280 e. The highest BCUT2D eigenvalue weighted by molar-refractivity contribution is 6.26. The molecule has 0 radical (unpaired) electrons. The van der Waals surface area contributed by atoms with Crippen molar-refractivity contribution in [2.24, 2.45) is 0 Å². The zero-order chi connectivity index (χ0) is 24.6. The minimum atomic E-state index is -0.878. The average molecular weight is 483 g/mol. The Kier molecular flexibility index (Phi) is 4.46. The van der Waals surface area contributed by atoms with Crippen LogP contribution < -0.4 is 16.6 Å². The first-order chi connectivity index (χ1) is 17.5. The van der Waals surface area contributed by atoms with E-state index < -0.39 is 24.0 Å². The van der Waals surface area contributed by atoms with E-state index in [1.54, 1.807) is 4.57 Å². The van der Waals surface area contributed by atoms with Crippen LogP contribution >= 0.6 is 0 Å². The van der Waals surface area contributed by atoms with Crippen LogP contribution in [0.5, 0.6) is 0 Å². The molecule has 6 aromatic rings. The number of aromatic nitrogens is 4. The molecular formula is C26H22N6O4. The molecule has 180 valence electrons. The lowest BCUT2D eigenvalue weighted by molar-refractivity contribution is -0.0425. The number of rotatable bonds is 4. The van der Waals surface area contributed by atoms with Crippen LogP contribution in [0.3, 0.4) is 0 Å². The van der Waals surface area contributed by atoms with Gasteiger partial charge in [-0.1, -0.05) is 48.5 Å². The third-order valence-electron chi connectivity index (χ3n) is 7.00. The molecule has 1 aliphatic heterocycles. The highest BCUT2D eigenvalue weighted by atomic mass is 16.5. The summed E-state index contributed by atoms with van der Waals surface area (Å²) in [7, 11) is 0. The highest BCUT2D eigenvalue weighted by Crippen LogP contribution is 2.40. The van der Waals surface area contributed by atoms with Crippen molar-refractivity contribution in [1.29, 1.82) is 0 Å². The first kappa shape index (κ1) is 21.1. The van der Waals surface area contributed by atoms with Gasteiger partial charge >= 0.3 is 0 Å². The fourth-order valence-corrected chi connectivity index (χ4v) is 5.39. The van der Waals surface area contributed by atoms with Crippen molar-refractivity contribution < 1.29 is 14.9 Å². The number of hydrogen-bond donors (Lipinski definition) is 5. The third-order valence-corrected chi connectivity index (χ3v) is 7.00. The molecule has 10 heteroatoms. The summed E-state index contributed by atoms with van der Waals surface area (Å²) < 4.78 is 7.54. The summed E-state index contributed by atoms with van der Waals surface area (Å²) in [6, 6.07) is 18.6. The molecule has 0 spiro atoms. The fraction of sp³-hybridized carbons (Fsp3) is 0.192. The number of nitrogen functional groups attached to an aromatic ring is 1. The number of anilines is 3. The molecule has 6 N–H and O–H groups in total. The van der Waals surface area contributed by atoms with Gasteiger partial charge in [0, 0.05) is 17.5 Å². The highest BCUT2D eigenvalue weighted by Gasteiger charge is 2.37. The van der Waals surface area contributed by atoms with Crippen molar-refractivity contribution in [3.8, 4) is 0 Å².